The lowest BCUT2D eigenvalue weighted by Crippen LogP contribution is -2.23. The van der Waals surface area contributed by atoms with Crippen molar-refractivity contribution < 1.29 is 13.5 Å². The molecule has 1 heterocycles. The molecule has 0 saturated carbocycles. The van der Waals surface area contributed by atoms with Gasteiger partial charge in [0.2, 0.25) is 0 Å². The minimum Gasteiger partial charge on any atom is -0.494 e. The van der Waals surface area contributed by atoms with Crippen LogP contribution >= 0.6 is 0 Å². The van der Waals surface area contributed by atoms with Gasteiger partial charge in [-0.05, 0) is 67.5 Å². The summed E-state index contributed by atoms with van der Waals surface area (Å²) in [4.78, 5) is 10.5. The van der Waals surface area contributed by atoms with Gasteiger partial charge >= 0.3 is 0 Å². The zero-order valence-corrected chi connectivity index (χ0v) is 24.0. The first-order valence-electron chi connectivity index (χ1n) is 13.8. The summed E-state index contributed by atoms with van der Waals surface area (Å²) in [6, 6.07) is 31.2. The monoisotopic (exact) mass is 566 g/mol. The molecule has 5 aromatic rings. The first-order chi connectivity index (χ1) is 19.9. The number of aromatic amines is 1. The average Bonchev–Trinajstić information content (AvgIpc) is 3.32. The minimum atomic E-state index is -3.87. The third kappa shape index (κ3) is 6.51. The van der Waals surface area contributed by atoms with Crippen molar-refractivity contribution in [2.45, 2.75) is 31.7 Å². The number of aromatic nitrogens is 1. The van der Waals surface area contributed by atoms with Crippen LogP contribution in [0.15, 0.2) is 113 Å². The molecule has 0 saturated heterocycles. The second-order valence-corrected chi connectivity index (χ2v) is 11.6. The van der Waals surface area contributed by atoms with Crippen molar-refractivity contribution in [3.8, 4) is 5.88 Å². The highest BCUT2D eigenvalue weighted by atomic mass is 32.2. The molecule has 41 heavy (non-hydrogen) atoms. The van der Waals surface area contributed by atoms with Crippen molar-refractivity contribution in [2.24, 2.45) is 4.99 Å². The Morgan fingerprint density at radius 1 is 0.902 bits per heavy atom. The van der Waals surface area contributed by atoms with Gasteiger partial charge in [0.25, 0.3) is 10.0 Å². The van der Waals surface area contributed by atoms with E-state index in [4.69, 9.17) is 4.99 Å². The molecule has 8 heteroatoms. The minimum absolute atomic E-state index is 0.0806. The first-order valence-corrected chi connectivity index (χ1v) is 15.2. The third-order valence-corrected chi connectivity index (χ3v) is 8.32. The number of rotatable bonds is 11. The molecule has 0 aliphatic carbocycles. The van der Waals surface area contributed by atoms with Crippen LogP contribution in [-0.2, 0) is 16.6 Å². The molecule has 0 fully saturated rings. The van der Waals surface area contributed by atoms with Gasteiger partial charge < -0.3 is 10.1 Å². The zero-order valence-electron chi connectivity index (χ0n) is 23.2. The maximum Gasteiger partial charge on any atom is 0.261 e. The van der Waals surface area contributed by atoms with E-state index >= 15 is 0 Å². The average molecular weight is 567 g/mol. The summed E-state index contributed by atoms with van der Waals surface area (Å²) in [5.41, 5.74) is 4.78. The molecule has 0 spiro atoms. The Morgan fingerprint density at radius 3 is 2.24 bits per heavy atom. The van der Waals surface area contributed by atoms with Crippen LogP contribution in [0.3, 0.4) is 0 Å². The summed E-state index contributed by atoms with van der Waals surface area (Å²) in [7, 11) is -3.87. The van der Waals surface area contributed by atoms with E-state index in [0.717, 1.165) is 37.3 Å². The summed E-state index contributed by atoms with van der Waals surface area (Å²) in [6.45, 7) is 7.26. The van der Waals surface area contributed by atoms with Crippen molar-refractivity contribution in [1.82, 2.24) is 9.88 Å². The van der Waals surface area contributed by atoms with Gasteiger partial charge in [0.1, 0.15) is 0 Å². The van der Waals surface area contributed by atoms with Crippen molar-refractivity contribution >= 4 is 38.0 Å². The summed E-state index contributed by atoms with van der Waals surface area (Å²) in [6.07, 6.45) is 1.11. The number of aliphatic imine (C=N–C) groups is 1. The molecular weight excluding hydrogens is 532 g/mol. The SMILES string of the molecule is CCCN(CC)Cc1ccc(N=C(c2ccccc2)c2c(O)[nH]c3ccc(S(=O)(=O)Nc4ccccc4)cc23)cc1. The number of fused-ring (bicyclic) bond motifs is 1. The number of sulfonamides is 1. The smallest absolute Gasteiger partial charge is 0.261 e. The Labute approximate surface area is 241 Å². The van der Waals surface area contributed by atoms with E-state index in [9.17, 15) is 13.5 Å². The number of nitrogens with zero attached hydrogens (tertiary/aromatic N) is 2. The summed E-state index contributed by atoms with van der Waals surface area (Å²) in [5, 5.41) is 11.6. The van der Waals surface area contributed by atoms with Gasteiger partial charge in [0.15, 0.2) is 5.88 Å². The fourth-order valence-corrected chi connectivity index (χ4v) is 5.96. The van der Waals surface area contributed by atoms with Crippen LogP contribution in [0, 0.1) is 0 Å². The molecule has 0 unspecified atom stereocenters. The van der Waals surface area contributed by atoms with Crippen LogP contribution in [0.25, 0.3) is 10.9 Å². The number of para-hydroxylation sites is 1. The lowest BCUT2D eigenvalue weighted by atomic mass is 10.0. The Bertz CT molecular complexity index is 1750. The lowest BCUT2D eigenvalue weighted by Gasteiger charge is -2.19. The second kappa shape index (κ2) is 12.4. The van der Waals surface area contributed by atoms with Gasteiger partial charge in [-0.3, -0.25) is 9.62 Å². The molecule has 5 rings (SSSR count). The highest BCUT2D eigenvalue weighted by Crippen LogP contribution is 2.33. The number of nitrogens with one attached hydrogen (secondary N) is 2. The van der Waals surface area contributed by atoms with E-state index in [1.807, 2.05) is 48.5 Å². The zero-order chi connectivity index (χ0) is 28.8. The first kappa shape index (κ1) is 28.1. The maximum atomic E-state index is 13.2. The molecule has 7 nitrogen and oxygen atoms in total. The highest BCUT2D eigenvalue weighted by molar-refractivity contribution is 7.92. The van der Waals surface area contributed by atoms with Gasteiger partial charge in [-0.2, -0.15) is 0 Å². The molecule has 4 aromatic carbocycles. The number of H-pyrrole nitrogens is 1. The molecule has 0 amide bonds. The van der Waals surface area contributed by atoms with Crippen molar-refractivity contribution in [3.63, 3.8) is 0 Å². The highest BCUT2D eigenvalue weighted by Gasteiger charge is 2.22. The molecule has 210 valence electrons. The van der Waals surface area contributed by atoms with E-state index in [2.05, 4.69) is 40.6 Å². The molecule has 0 bridgehead atoms. The maximum absolute atomic E-state index is 13.2. The van der Waals surface area contributed by atoms with E-state index in [1.165, 1.54) is 11.6 Å². The van der Waals surface area contributed by atoms with E-state index in [1.54, 1.807) is 36.4 Å². The van der Waals surface area contributed by atoms with E-state index in [0.29, 0.717) is 27.9 Å². The largest absolute Gasteiger partial charge is 0.494 e. The van der Waals surface area contributed by atoms with Crippen molar-refractivity contribution in [3.05, 3.63) is 120 Å². The van der Waals surface area contributed by atoms with Crippen molar-refractivity contribution in [2.75, 3.05) is 17.8 Å². The second-order valence-electron chi connectivity index (χ2n) is 9.89. The molecule has 0 aliphatic heterocycles. The summed E-state index contributed by atoms with van der Waals surface area (Å²) < 4.78 is 29.1. The molecular formula is C33H34N4O3S. The number of anilines is 1. The number of benzene rings is 4. The molecule has 1 aromatic heterocycles. The van der Waals surface area contributed by atoms with Gasteiger partial charge in [0.05, 0.1) is 21.9 Å². The van der Waals surface area contributed by atoms with Gasteiger partial charge in [-0.25, -0.2) is 13.4 Å². The Kier molecular flexibility index (Phi) is 8.52. The van der Waals surface area contributed by atoms with Crippen LogP contribution in [0.2, 0.25) is 0 Å². The predicted octanol–water partition coefficient (Wildman–Crippen LogP) is 7.08. The quantitative estimate of drug-likeness (QED) is 0.149. The van der Waals surface area contributed by atoms with Crippen LogP contribution < -0.4 is 4.72 Å². The molecule has 3 N–H and O–H groups in total. The van der Waals surface area contributed by atoms with Gasteiger partial charge in [-0.1, -0.05) is 74.5 Å². The lowest BCUT2D eigenvalue weighted by molar-refractivity contribution is 0.280. The standard InChI is InChI=1S/C33H34N4O3S/c1-3-21-37(4-2)23-24-15-17-26(18-16-24)34-32(25-11-7-5-8-12-25)31-29-22-28(19-20-30(29)35-33(31)38)41(39,40)36-27-13-9-6-10-14-27/h5-20,22,35-36,38H,3-4,21,23H2,1-2H3. The summed E-state index contributed by atoms with van der Waals surface area (Å²) >= 11 is 0. The van der Waals surface area contributed by atoms with Gasteiger partial charge in [0, 0.05) is 28.7 Å². The Balaban J connectivity index is 1.57. The van der Waals surface area contributed by atoms with Crippen LogP contribution in [0.1, 0.15) is 37.0 Å². The fourth-order valence-electron chi connectivity index (χ4n) is 4.87. The van der Waals surface area contributed by atoms with Crippen molar-refractivity contribution in [1.29, 1.82) is 0 Å². The third-order valence-electron chi connectivity index (χ3n) is 6.94. The fraction of sp³-hybridized carbons (Fsp3) is 0.182. The molecule has 0 atom stereocenters. The van der Waals surface area contributed by atoms with Crippen LogP contribution in [-0.4, -0.2) is 42.2 Å². The molecule has 0 aliphatic rings. The van der Waals surface area contributed by atoms with Crippen LogP contribution in [0.4, 0.5) is 11.4 Å². The predicted molar refractivity (Wildman–Crippen MR) is 167 cm³/mol. The van der Waals surface area contributed by atoms with Gasteiger partial charge in [-0.15, -0.1) is 0 Å². The number of aromatic hydroxyl groups is 1. The normalized spacial score (nSPS) is 12.2. The molecule has 0 radical (unpaired) electrons. The number of hydrogen-bond acceptors (Lipinski definition) is 5. The van der Waals surface area contributed by atoms with E-state index in [-0.39, 0.29) is 10.8 Å². The number of hydrogen-bond donors (Lipinski definition) is 3. The topological polar surface area (TPSA) is 97.8 Å². The van der Waals surface area contributed by atoms with Crippen LogP contribution in [0.5, 0.6) is 5.88 Å². The summed E-state index contributed by atoms with van der Waals surface area (Å²) in [5.74, 6) is -0.0806. The Morgan fingerprint density at radius 2 is 1.59 bits per heavy atom. The van der Waals surface area contributed by atoms with E-state index < -0.39 is 10.0 Å². The Hall–Kier alpha value is -4.40.